The molecule has 0 aromatic carbocycles. The van der Waals surface area contributed by atoms with E-state index in [-0.39, 0.29) is 23.8 Å². The number of hydroxylamine groups is 2. The Morgan fingerprint density at radius 3 is 2.42 bits per heavy atom. The molecule has 3 heterocycles. The number of aromatic nitrogens is 1. The second-order valence-electron chi connectivity index (χ2n) is 9.78. The van der Waals surface area contributed by atoms with Gasteiger partial charge in [-0.1, -0.05) is 19.1 Å². The molecule has 2 N–H and O–H groups in total. The molecule has 0 spiro atoms. The van der Waals surface area contributed by atoms with Gasteiger partial charge in [0.25, 0.3) is 21.9 Å². The smallest absolute Gasteiger partial charge is 0.333 e. The minimum atomic E-state index is -4.86. The molecular formula is C26H29N3O10S. The highest BCUT2D eigenvalue weighted by Crippen LogP contribution is 2.40. The molecule has 1 unspecified atom stereocenters. The summed E-state index contributed by atoms with van der Waals surface area (Å²) in [5.74, 6) is -6.52. The molecule has 0 bridgehead atoms. The lowest BCUT2D eigenvalue weighted by molar-refractivity contribution is -0.197. The molecule has 2 aliphatic heterocycles. The molecule has 214 valence electrons. The number of esters is 1. The number of amides is 2. The van der Waals surface area contributed by atoms with Gasteiger partial charge in [-0.3, -0.25) is 28.7 Å². The van der Waals surface area contributed by atoms with E-state index in [0.717, 1.165) is 5.35 Å². The van der Waals surface area contributed by atoms with Crippen LogP contribution in [0.4, 0.5) is 0 Å². The van der Waals surface area contributed by atoms with Crippen molar-refractivity contribution in [2.24, 2.45) is 22.7 Å². The number of fused-ring (bicyclic) bond motifs is 1. The standard InChI is InChI=1S/C26H29N3O10S/c1-6-14-11(3)13(8-9-18(31)39-29-17(30)10-16(25(29)33)40(35,36)37)22(27-14)20-21(26(34)38-5)24(32)19-12(4)15(7-2)28-23(19)20/h6-7,11,13,16,21,28H,8-10H2,1-5H3,(H,35,36,37)/b14-6-,15-7-/t11-,13-,16?,21+/m0/s1. The number of hydrogen-bond acceptors (Lipinski definition) is 10. The fourth-order valence-electron chi connectivity index (χ4n) is 5.52. The van der Waals surface area contributed by atoms with Gasteiger partial charge in [-0.05, 0) is 32.8 Å². The van der Waals surface area contributed by atoms with Crippen LogP contribution < -0.4 is 10.7 Å². The Hall–Kier alpha value is -3.91. The lowest BCUT2D eigenvalue weighted by Crippen LogP contribution is -2.37. The summed E-state index contributed by atoms with van der Waals surface area (Å²) in [7, 11) is -3.67. The number of ether oxygens (including phenoxy) is 1. The van der Waals surface area contributed by atoms with E-state index in [0.29, 0.717) is 33.5 Å². The molecule has 13 nitrogen and oxygen atoms in total. The third-order valence-corrected chi connectivity index (χ3v) is 8.69. The summed E-state index contributed by atoms with van der Waals surface area (Å²) in [4.78, 5) is 76.1. The van der Waals surface area contributed by atoms with Crippen molar-refractivity contribution in [1.82, 2.24) is 10.0 Å². The fourth-order valence-corrected chi connectivity index (χ4v) is 6.23. The largest absolute Gasteiger partial charge is 0.468 e. The zero-order valence-corrected chi connectivity index (χ0v) is 23.3. The van der Waals surface area contributed by atoms with Gasteiger partial charge in [-0.25, -0.2) is 4.79 Å². The first-order valence-electron chi connectivity index (χ1n) is 12.6. The molecule has 4 rings (SSSR count). The summed E-state index contributed by atoms with van der Waals surface area (Å²) < 4.78 is 36.8. The van der Waals surface area contributed by atoms with Crippen LogP contribution in [0, 0.1) is 24.7 Å². The SMILES string of the molecule is C/C=C1\N=C(C2=c3[nH]/c(=C\C)c(C)c3C(=O)[C@@H]2C(=O)OC)[C@@H](CCC(=O)ON2C(=O)CC(S(=O)(=O)O)C2=O)[C@@H]1C. The number of Topliss-reactive ketones (excluding diaryl/α,β-unsaturated/α-hetero) is 1. The maximum Gasteiger partial charge on any atom is 0.333 e. The Bertz CT molecular complexity index is 1630. The van der Waals surface area contributed by atoms with E-state index in [2.05, 4.69) is 4.98 Å². The molecular weight excluding hydrogens is 546 g/mol. The minimum absolute atomic E-state index is 0.0552. The maximum absolute atomic E-state index is 13.4. The van der Waals surface area contributed by atoms with Gasteiger partial charge >= 0.3 is 11.9 Å². The number of aliphatic imine (C=N–C) groups is 1. The molecule has 0 saturated carbocycles. The van der Waals surface area contributed by atoms with Crippen molar-refractivity contribution >= 4 is 57.0 Å². The minimum Gasteiger partial charge on any atom is -0.468 e. The molecule has 4 atom stereocenters. The van der Waals surface area contributed by atoms with Crippen LogP contribution in [0.15, 0.2) is 16.8 Å². The number of nitrogens with zero attached hydrogens (tertiary/aromatic N) is 2. The number of allylic oxidation sites excluding steroid dienone is 2. The Balaban J connectivity index is 1.66. The number of carbonyl (C=O) groups excluding carboxylic acids is 5. The van der Waals surface area contributed by atoms with E-state index < -0.39 is 63.2 Å². The van der Waals surface area contributed by atoms with Crippen molar-refractivity contribution in [2.75, 3.05) is 7.11 Å². The Kier molecular flexibility index (Phi) is 7.69. The monoisotopic (exact) mass is 575 g/mol. The molecule has 2 amide bonds. The zero-order chi connectivity index (χ0) is 29.7. The number of methoxy groups -OCH3 is 1. The van der Waals surface area contributed by atoms with Gasteiger partial charge in [-0.15, -0.1) is 5.06 Å². The number of imide groups is 1. The molecule has 1 aromatic heterocycles. The first kappa shape index (κ1) is 29.1. The van der Waals surface area contributed by atoms with Crippen molar-refractivity contribution in [3.8, 4) is 0 Å². The molecule has 14 heteroatoms. The van der Waals surface area contributed by atoms with Crippen LogP contribution in [0.25, 0.3) is 11.6 Å². The second-order valence-corrected chi connectivity index (χ2v) is 11.4. The van der Waals surface area contributed by atoms with Gasteiger partial charge in [0.15, 0.2) is 11.0 Å². The van der Waals surface area contributed by atoms with Gasteiger partial charge in [0, 0.05) is 40.4 Å². The zero-order valence-electron chi connectivity index (χ0n) is 22.5. The van der Waals surface area contributed by atoms with E-state index in [1.54, 1.807) is 19.9 Å². The molecule has 1 fully saturated rings. The van der Waals surface area contributed by atoms with Gasteiger partial charge in [0.1, 0.15) is 5.92 Å². The summed E-state index contributed by atoms with van der Waals surface area (Å²) >= 11 is 0. The first-order chi connectivity index (χ1) is 18.8. The maximum atomic E-state index is 13.4. The Morgan fingerprint density at radius 2 is 1.88 bits per heavy atom. The van der Waals surface area contributed by atoms with Crippen LogP contribution in [0.3, 0.4) is 0 Å². The summed E-state index contributed by atoms with van der Waals surface area (Å²) in [6.45, 7) is 7.25. The summed E-state index contributed by atoms with van der Waals surface area (Å²) in [5, 5.41) is -0.791. The number of aromatic amines is 1. The third-order valence-electron chi connectivity index (χ3n) is 7.60. The predicted octanol–water partition coefficient (Wildman–Crippen LogP) is 0.124. The Morgan fingerprint density at radius 1 is 1.20 bits per heavy atom. The normalized spacial score (nSPS) is 26.1. The lowest BCUT2D eigenvalue weighted by atomic mass is 9.81. The van der Waals surface area contributed by atoms with Gasteiger partial charge in [0.2, 0.25) is 0 Å². The highest BCUT2D eigenvalue weighted by Gasteiger charge is 2.49. The van der Waals surface area contributed by atoms with Crippen molar-refractivity contribution < 1.29 is 46.5 Å². The fraction of sp³-hybridized carbons (Fsp3) is 0.462. The molecule has 1 aliphatic carbocycles. The predicted molar refractivity (Wildman–Crippen MR) is 139 cm³/mol. The summed E-state index contributed by atoms with van der Waals surface area (Å²) in [6, 6.07) is 0. The van der Waals surface area contributed by atoms with Crippen LogP contribution in [0.1, 0.15) is 56.0 Å². The summed E-state index contributed by atoms with van der Waals surface area (Å²) in [5.41, 5.74) is 2.54. The van der Waals surface area contributed by atoms with Gasteiger partial charge < -0.3 is 14.6 Å². The second kappa shape index (κ2) is 10.6. The molecule has 40 heavy (non-hydrogen) atoms. The van der Waals surface area contributed by atoms with E-state index in [4.69, 9.17) is 19.1 Å². The highest BCUT2D eigenvalue weighted by molar-refractivity contribution is 7.87. The van der Waals surface area contributed by atoms with Crippen LogP contribution in [0.2, 0.25) is 0 Å². The number of rotatable bonds is 7. The van der Waals surface area contributed by atoms with E-state index >= 15 is 0 Å². The number of ketones is 1. The van der Waals surface area contributed by atoms with E-state index in [1.165, 1.54) is 7.11 Å². The highest BCUT2D eigenvalue weighted by atomic mass is 32.2. The molecule has 1 saturated heterocycles. The van der Waals surface area contributed by atoms with Crippen LogP contribution in [-0.2, 0) is 38.9 Å². The van der Waals surface area contributed by atoms with Crippen molar-refractivity contribution in [3.63, 3.8) is 0 Å². The van der Waals surface area contributed by atoms with E-state index in [1.807, 2.05) is 19.9 Å². The molecule has 3 aliphatic rings. The van der Waals surface area contributed by atoms with Crippen molar-refractivity contribution in [2.45, 2.75) is 52.2 Å². The topological polar surface area (TPSA) is 190 Å². The number of hydrogen-bond donors (Lipinski definition) is 2. The van der Waals surface area contributed by atoms with Crippen LogP contribution in [0.5, 0.6) is 0 Å². The molecule has 1 aromatic rings. The third kappa shape index (κ3) is 4.70. The Labute approximate surface area is 229 Å². The van der Waals surface area contributed by atoms with Crippen molar-refractivity contribution in [3.05, 3.63) is 33.6 Å². The number of H-pyrrole nitrogens is 1. The summed E-state index contributed by atoms with van der Waals surface area (Å²) in [6.07, 6.45) is 2.54. The first-order valence-corrected chi connectivity index (χ1v) is 14.1. The van der Waals surface area contributed by atoms with Crippen LogP contribution in [-0.4, -0.2) is 70.6 Å². The quantitative estimate of drug-likeness (QED) is 0.196. The number of carbonyl (C=O) groups is 5. The van der Waals surface area contributed by atoms with Crippen LogP contribution >= 0.6 is 0 Å². The average Bonchev–Trinajstić information content (AvgIpc) is 3.58. The van der Waals surface area contributed by atoms with Gasteiger partial charge in [-0.2, -0.15) is 8.42 Å². The van der Waals surface area contributed by atoms with Gasteiger partial charge in [0.05, 0.1) is 24.6 Å². The molecule has 0 radical (unpaired) electrons. The average molecular weight is 576 g/mol. The van der Waals surface area contributed by atoms with E-state index in [9.17, 15) is 32.4 Å². The van der Waals surface area contributed by atoms with Crippen molar-refractivity contribution in [1.29, 1.82) is 0 Å². The number of nitrogens with one attached hydrogen (secondary N) is 1. The lowest BCUT2D eigenvalue weighted by Gasteiger charge is -2.21.